The summed E-state index contributed by atoms with van der Waals surface area (Å²) >= 11 is 3.19. The fourth-order valence-electron chi connectivity index (χ4n) is 1.87. The third kappa shape index (κ3) is 3.93. The van der Waals surface area contributed by atoms with E-state index in [1.807, 2.05) is 32.0 Å². The Labute approximate surface area is 126 Å². The molecule has 0 aliphatic rings. The van der Waals surface area contributed by atoms with Crippen LogP contribution in [0.1, 0.15) is 33.9 Å². The van der Waals surface area contributed by atoms with Gasteiger partial charge in [-0.2, -0.15) is 0 Å². The normalized spacial score (nSPS) is 10.6. The van der Waals surface area contributed by atoms with Crippen LogP contribution in [0, 0.1) is 13.8 Å². The van der Waals surface area contributed by atoms with Crippen LogP contribution in [-0.4, -0.2) is 17.6 Å². The molecule has 2 aromatic rings. The summed E-state index contributed by atoms with van der Waals surface area (Å²) in [5.74, 6) is -0.170. The maximum absolute atomic E-state index is 11.8. The zero-order valence-electron chi connectivity index (χ0n) is 11.5. The lowest BCUT2D eigenvalue weighted by atomic mass is 10.2. The summed E-state index contributed by atoms with van der Waals surface area (Å²) in [6, 6.07) is 7.66. The fourth-order valence-corrected chi connectivity index (χ4v) is 2.37. The molecule has 2 rings (SSSR count). The molecule has 0 atom stereocenters. The van der Waals surface area contributed by atoms with Crippen molar-refractivity contribution in [3.05, 3.63) is 51.6 Å². The predicted molar refractivity (Wildman–Crippen MR) is 78.7 cm³/mol. The molecule has 20 heavy (non-hydrogen) atoms. The van der Waals surface area contributed by atoms with Crippen molar-refractivity contribution < 1.29 is 13.9 Å². The summed E-state index contributed by atoms with van der Waals surface area (Å²) in [4.78, 5) is 16.2. The van der Waals surface area contributed by atoms with Crippen LogP contribution in [0.4, 0.5) is 0 Å². The van der Waals surface area contributed by atoms with E-state index in [0.717, 1.165) is 29.8 Å². The number of aryl methyl sites for hydroxylation is 3. The highest BCUT2D eigenvalue weighted by atomic mass is 79.9. The molecule has 0 aliphatic heterocycles. The van der Waals surface area contributed by atoms with Gasteiger partial charge in [-0.3, -0.25) is 4.98 Å². The SMILES string of the molecule is Cc1cccc(CCCOC(=O)c2oc(Br)cc2C)n1. The van der Waals surface area contributed by atoms with Gasteiger partial charge in [-0.1, -0.05) is 6.07 Å². The quantitative estimate of drug-likeness (QED) is 0.614. The van der Waals surface area contributed by atoms with Crippen LogP contribution >= 0.6 is 15.9 Å². The van der Waals surface area contributed by atoms with E-state index in [9.17, 15) is 4.79 Å². The second-order valence-electron chi connectivity index (χ2n) is 4.57. The van der Waals surface area contributed by atoms with Crippen LogP contribution < -0.4 is 0 Å². The molecule has 4 nitrogen and oxygen atoms in total. The number of hydrogen-bond acceptors (Lipinski definition) is 4. The maximum atomic E-state index is 11.8. The Morgan fingerprint density at radius 1 is 1.40 bits per heavy atom. The maximum Gasteiger partial charge on any atom is 0.374 e. The summed E-state index contributed by atoms with van der Waals surface area (Å²) in [6.07, 6.45) is 1.53. The molecule has 0 aromatic carbocycles. The number of carbonyl (C=O) groups is 1. The Morgan fingerprint density at radius 3 is 2.85 bits per heavy atom. The van der Waals surface area contributed by atoms with E-state index in [1.165, 1.54) is 0 Å². The largest absolute Gasteiger partial charge is 0.460 e. The fraction of sp³-hybridized carbons (Fsp3) is 0.333. The smallest absolute Gasteiger partial charge is 0.374 e. The van der Waals surface area contributed by atoms with Gasteiger partial charge in [0.2, 0.25) is 5.76 Å². The molecule has 106 valence electrons. The average Bonchev–Trinajstić information content (AvgIpc) is 2.74. The number of halogens is 1. The van der Waals surface area contributed by atoms with Crippen LogP contribution in [0.2, 0.25) is 0 Å². The minimum atomic E-state index is -0.426. The van der Waals surface area contributed by atoms with Gasteiger partial charge in [0.1, 0.15) is 0 Å². The number of ether oxygens (including phenoxy) is 1. The van der Waals surface area contributed by atoms with E-state index in [0.29, 0.717) is 11.3 Å². The molecule has 5 heteroatoms. The van der Waals surface area contributed by atoms with Gasteiger partial charge in [0.05, 0.1) is 6.61 Å². The van der Waals surface area contributed by atoms with Crippen molar-refractivity contribution in [3.63, 3.8) is 0 Å². The van der Waals surface area contributed by atoms with Gasteiger partial charge in [0.15, 0.2) is 4.67 Å². The molecule has 0 spiro atoms. The van der Waals surface area contributed by atoms with Crippen LogP contribution in [0.15, 0.2) is 33.4 Å². The first kappa shape index (κ1) is 14.8. The molecule has 0 aliphatic carbocycles. The molecule has 0 N–H and O–H groups in total. The van der Waals surface area contributed by atoms with Crippen molar-refractivity contribution in [1.29, 1.82) is 0 Å². The van der Waals surface area contributed by atoms with Crippen LogP contribution in [0.5, 0.6) is 0 Å². The van der Waals surface area contributed by atoms with E-state index >= 15 is 0 Å². The molecular formula is C15H16BrNO3. The van der Waals surface area contributed by atoms with Crippen molar-refractivity contribution in [2.24, 2.45) is 0 Å². The van der Waals surface area contributed by atoms with E-state index in [2.05, 4.69) is 20.9 Å². The van der Waals surface area contributed by atoms with Crippen molar-refractivity contribution >= 4 is 21.9 Å². The van der Waals surface area contributed by atoms with Crippen molar-refractivity contribution in [2.75, 3.05) is 6.61 Å². The number of nitrogens with zero attached hydrogens (tertiary/aromatic N) is 1. The third-order valence-corrected chi connectivity index (χ3v) is 3.22. The highest BCUT2D eigenvalue weighted by Gasteiger charge is 2.16. The number of hydrogen-bond donors (Lipinski definition) is 0. The highest BCUT2D eigenvalue weighted by molar-refractivity contribution is 9.10. The first-order valence-electron chi connectivity index (χ1n) is 6.42. The highest BCUT2D eigenvalue weighted by Crippen LogP contribution is 2.20. The van der Waals surface area contributed by atoms with Gasteiger partial charge in [-0.05, 0) is 60.8 Å². The van der Waals surface area contributed by atoms with Gasteiger partial charge in [-0.25, -0.2) is 4.79 Å². The molecular weight excluding hydrogens is 322 g/mol. The summed E-state index contributed by atoms with van der Waals surface area (Å²) in [6.45, 7) is 4.12. The molecule has 2 aromatic heterocycles. The lowest BCUT2D eigenvalue weighted by molar-refractivity contribution is 0.0461. The van der Waals surface area contributed by atoms with Gasteiger partial charge in [0, 0.05) is 17.0 Å². The average molecular weight is 338 g/mol. The number of carbonyl (C=O) groups excluding carboxylic acids is 1. The number of esters is 1. The molecule has 0 amide bonds. The lowest BCUT2D eigenvalue weighted by Gasteiger charge is -2.04. The van der Waals surface area contributed by atoms with Crippen LogP contribution in [0.3, 0.4) is 0 Å². The van der Waals surface area contributed by atoms with Crippen molar-refractivity contribution in [3.8, 4) is 0 Å². The Balaban J connectivity index is 1.79. The topological polar surface area (TPSA) is 52.3 Å². The second-order valence-corrected chi connectivity index (χ2v) is 5.35. The Hall–Kier alpha value is -1.62. The molecule has 0 fully saturated rings. The summed E-state index contributed by atoms with van der Waals surface area (Å²) in [5, 5.41) is 0. The number of pyridine rings is 1. The molecule has 0 unspecified atom stereocenters. The predicted octanol–water partition coefficient (Wildman–Crippen LogP) is 3.84. The molecule has 0 bridgehead atoms. The van der Waals surface area contributed by atoms with E-state index in [-0.39, 0.29) is 5.76 Å². The summed E-state index contributed by atoms with van der Waals surface area (Å²) < 4.78 is 11.0. The Bertz CT molecular complexity index is 607. The first-order valence-corrected chi connectivity index (χ1v) is 7.21. The standard InChI is InChI=1S/C15H16BrNO3/c1-10-9-13(16)20-14(10)15(18)19-8-4-7-12-6-3-5-11(2)17-12/h3,5-6,9H,4,7-8H2,1-2H3. The van der Waals surface area contributed by atoms with Crippen LogP contribution in [0.25, 0.3) is 0 Å². The van der Waals surface area contributed by atoms with E-state index in [1.54, 1.807) is 6.07 Å². The minimum absolute atomic E-state index is 0.255. The monoisotopic (exact) mass is 337 g/mol. The first-order chi connectivity index (χ1) is 9.56. The minimum Gasteiger partial charge on any atom is -0.460 e. The third-order valence-electron chi connectivity index (χ3n) is 2.83. The zero-order valence-corrected chi connectivity index (χ0v) is 13.1. The summed E-state index contributed by atoms with van der Waals surface area (Å²) in [5.41, 5.74) is 2.77. The number of aromatic nitrogens is 1. The lowest BCUT2D eigenvalue weighted by Crippen LogP contribution is -2.07. The number of furan rings is 1. The zero-order chi connectivity index (χ0) is 14.5. The molecule has 0 radical (unpaired) electrons. The second kappa shape index (κ2) is 6.70. The number of rotatable bonds is 5. The molecule has 2 heterocycles. The summed E-state index contributed by atoms with van der Waals surface area (Å²) in [7, 11) is 0. The van der Waals surface area contributed by atoms with E-state index < -0.39 is 5.97 Å². The van der Waals surface area contributed by atoms with E-state index in [4.69, 9.17) is 9.15 Å². The Morgan fingerprint density at radius 2 is 2.20 bits per heavy atom. The van der Waals surface area contributed by atoms with Crippen molar-refractivity contribution in [1.82, 2.24) is 4.98 Å². The van der Waals surface area contributed by atoms with Crippen LogP contribution in [-0.2, 0) is 11.2 Å². The Kier molecular flexibility index (Phi) is 4.95. The molecule has 0 saturated heterocycles. The van der Waals surface area contributed by atoms with Gasteiger partial charge in [0.25, 0.3) is 0 Å². The van der Waals surface area contributed by atoms with Crippen molar-refractivity contribution in [2.45, 2.75) is 26.7 Å². The van der Waals surface area contributed by atoms with Gasteiger partial charge in [-0.15, -0.1) is 0 Å². The van der Waals surface area contributed by atoms with Gasteiger partial charge >= 0.3 is 5.97 Å². The molecule has 0 saturated carbocycles. The van der Waals surface area contributed by atoms with Gasteiger partial charge < -0.3 is 9.15 Å².